The fourth-order valence-corrected chi connectivity index (χ4v) is 2.99. The van der Waals surface area contributed by atoms with Gasteiger partial charge in [0.25, 0.3) is 0 Å². The van der Waals surface area contributed by atoms with Gasteiger partial charge in [0.05, 0.1) is 19.3 Å². The summed E-state index contributed by atoms with van der Waals surface area (Å²) < 4.78 is 11.3. The zero-order valence-corrected chi connectivity index (χ0v) is 15.5. The third-order valence-corrected chi connectivity index (χ3v) is 4.45. The molecular formula is C20H28N2O3. The molecule has 1 amide bonds. The lowest BCUT2D eigenvalue weighted by atomic mass is 9.77. The molecule has 1 aromatic carbocycles. The van der Waals surface area contributed by atoms with Gasteiger partial charge in [0.1, 0.15) is 5.60 Å². The molecule has 0 spiro atoms. The lowest BCUT2D eigenvalue weighted by Crippen LogP contribution is -2.46. The minimum Gasteiger partial charge on any atom is -0.444 e. The van der Waals surface area contributed by atoms with E-state index in [0.29, 0.717) is 32.7 Å². The molecule has 5 heteroatoms. The zero-order chi connectivity index (χ0) is 18.3. The quantitative estimate of drug-likeness (QED) is 0.805. The second-order valence-corrected chi connectivity index (χ2v) is 7.78. The highest BCUT2D eigenvalue weighted by atomic mass is 16.6. The van der Waals surface area contributed by atoms with E-state index in [0.717, 1.165) is 18.4 Å². The van der Waals surface area contributed by atoms with Crippen molar-refractivity contribution in [3.63, 3.8) is 0 Å². The van der Waals surface area contributed by atoms with Crippen molar-refractivity contribution >= 4 is 6.09 Å². The van der Waals surface area contributed by atoms with Gasteiger partial charge in [-0.2, -0.15) is 5.26 Å². The van der Waals surface area contributed by atoms with E-state index in [-0.39, 0.29) is 11.5 Å². The summed E-state index contributed by atoms with van der Waals surface area (Å²) in [4.78, 5) is 13.9. The fraction of sp³-hybridized carbons (Fsp3) is 0.600. The number of carbonyl (C=O) groups excluding carboxylic acids is 1. The first-order chi connectivity index (χ1) is 11.8. The van der Waals surface area contributed by atoms with Crippen LogP contribution >= 0.6 is 0 Å². The van der Waals surface area contributed by atoms with E-state index in [1.54, 1.807) is 4.90 Å². The molecule has 136 valence electrons. The van der Waals surface area contributed by atoms with Gasteiger partial charge < -0.3 is 14.4 Å². The molecule has 25 heavy (non-hydrogen) atoms. The average Bonchev–Trinajstić information content (AvgIpc) is 2.55. The van der Waals surface area contributed by atoms with E-state index in [2.05, 4.69) is 6.07 Å². The number of likely N-dealkylation sites (tertiary alicyclic amines) is 1. The van der Waals surface area contributed by atoms with Crippen molar-refractivity contribution in [2.45, 2.75) is 52.2 Å². The number of nitriles is 1. The summed E-state index contributed by atoms with van der Waals surface area (Å²) in [6.07, 6.45) is 1.69. The topological polar surface area (TPSA) is 62.6 Å². The number of hydrogen-bond donors (Lipinski definition) is 0. The zero-order valence-electron chi connectivity index (χ0n) is 15.5. The van der Waals surface area contributed by atoms with Crippen molar-refractivity contribution in [2.75, 3.05) is 19.7 Å². The average molecular weight is 344 g/mol. The molecule has 0 aliphatic carbocycles. The van der Waals surface area contributed by atoms with E-state index < -0.39 is 5.60 Å². The Bertz CT molecular complexity index is 594. The van der Waals surface area contributed by atoms with E-state index in [4.69, 9.17) is 9.47 Å². The first kappa shape index (κ1) is 19.3. The van der Waals surface area contributed by atoms with Crippen molar-refractivity contribution in [2.24, 2.45) is 5.41 Å². The third kappa shape index (κ3) is 6.06. The molecule has 0 N–H and O–H groups in total. The molecule has 1 heterocycles. The minimum absolute atomic E-state index is 0.179. The Balaban J connectivity index is 1.87. The second kappa shape index (κ2) is 8.35. The molecule has 0 saturated carbocycles. The van der Waals surface area contributed by atoms with Crippen LogP contribution in [0.25, 0.3) is 0 Å². The number of piperidine rings is 1. The first-order valence-electron chi connectivity index (χ1n) is 8.80. The summed E-state index contributed by atoms with van der Waals surface area (Å²) in [7, 11) is 0. The Morgan fingerprint density at radius 2 is 1.88 bits per heavy atom. The van der Waals surface area contributed by atoms with Gasteiger partial charge in [-0.1, -0.05) is 30.3 Å². The second-order valence-electron chi connectivity index (χ2n) is 7.78. The van der Waals surface area contributed by atoms with Crippen LogP contribution < -0.4 is 0 Å². The fourth-order valence-electron chi connectivity index (χ4n) is 2.99. The third-order valence-electron chi connectivity index (χ3n) is 4.45. The van der Waals surface area contributed by atoms with Gasteiger partial charge in [0.15, 0.2) is 0 Å². The Kier molecular flexibility index (Phi) is 6.44. The maximum atomic E-state index is 12.2. The number of hydrogen-bond acceptors (Lipinski definition) is 4. The summed E-state index contributed by atoms with van der Waals surface area (Å²) in [5.74, 6) is 0. The van der Waals surface area contributed by atoms with Crippen LogP contribution in [0.15, 0.2) is 30.3 Å². The molecular weight excluding hydrogens is 316 g/mol. The van der Waals surface area contributed by atoms with Gasteiger partial charge >= 0.3 is 6.09 Å². The van der Waals surface area contributed by atoms with Gasteiger partial charge in [0.2, 0.25) is 0 Å². The molecule has 1 aliphatic rings. The maximum absolute atomic E-state index is 12.2. The van der Waals surface area contributed by atoms with Crippen LogP contribution in [-0.4, -0.2) is 36.3 Å². The van der Waals surface area contributed by atoms with Crippen molar-refractivity contribution in [1.29, 1.82) is 5.26 Å². The number of benzene rings is 1. The summed E-state index contributed by atoms with van der Waals surface area (Å²) in [6, 6.07) is 12.3. The molecule has 1 saturated heterocycles. The van der Waals surface area contributed by atoms with Crippen molar-refractivity contribution in [1.82, 2.24) is 4.90 Å². The molecule has 1 aliphatic heterocycles. The Morgan fingerprint density at radius 3 is 2.44 bits per heavy atom. The highest BCUT2D eigenvalue weighted by Gasteiger charge is 2.37. The normalized spacial score (nSPS) is 17.0. The van der Waals surface area contributed by atoms with Crippen LogP contribution in [0.2, 0.25) is 0 Å². The SMILES string of the molecule is CC(C)(C)OC(=O)N1CCC(CC#N)(COCc2ccccc2)CC1. The van der Waals surface area contributed by atoms with E-state index in [9.17, 15) is 10.1 Å². The van der Waals surface area contributed by atoms with E-state index in [1.807, 2.05) is 51.1 Å². The first-order valence-corrected chi connectivity index (χ1v) is 8.80. The number of rotatable bonds is 5. The maximum Gasteiger partial charge on any atom is 0.410 e. The molecule has 0 unspecified atom stereocenters. The monoisotopic (exact) mass is 344 g/mol. The summed E-state index contributed by atoms with van der Waals surface area (Å²) in [5.41, 5.74) is 0.458. The highest BCUT2D eigenvalue weighted by Crippen LogP contribution is 2.35. The van der Waals surface area contributed by atoms with Crippen LogP contribution in [0.4, 0.5) is 4.79 Å². The summed E-state index contributed by atoms with van der Waals surface area (Å²) in [6.45, 7) is 7.89. The summed E-state index contributed by atoms with van der Waals surface area (Å²) in [5, 5.41) is 9.22. The molecule has 2 rings (SSSR count). The molecule has 1 fully saturated rings. The van der Waals surface area contributed by atoms with Gasteiger partial charge in [-0.25, -0.2) is 4.79 Å². The van der Waals surface area contributed by atoms with Crippen LogP contribution in [0.1, 0.15) is 45.6 Å². The van der Waals surface area contributed by atoms with E-state index >= 15 is 0 Å². The molecule has 5 nitrogen and oxygen atoms in total. The van der Waals surface area contributed by atoms with Crippen molar-refractivity contribution in [3.8, 4) is 6.07 Å². The molecule has 0 aromatic heterocycles. The van der Waals surface area contributed by atoms with Crippen LogP contribution in [0, 0.1) is 16.7 Å². The predicted molar refractivity (Wildman–Crippen MR) is 95.8 cm³/mol. The highest BCUT2D eigenvalue weighted by molar-refractivity contribution is 5.68. The standard InChI is InChI=1S/C20H28N2O3/c1-19(2,3)25-18(23)22-13-10-20(9-12-21,11-14-22)16-24-15-17-7-5-4-6-8-17/h4-8H,9-11,13-16H2,1-3H3. The van der Waals surface area contributed by atoms with Gasteiger partial charge in [-0.3, -0.25) is 0 Å². The number of ether oxygens (including phenoxy) is 2. The Hall–Kier alpha value is -2.06. The van der Waals surface area contributed by atoms with Crippen molar-refractivity contribution < 1.29 is 14.3 Å². The lowest BCUT2D eigenvalue weighted by molar-refractivity contribution is -0.0185. The van der Waals surface area contributed by atoms with Crippen LogP contribution in [0.3, 0.4) is 0 Å². The van der Waals surface area contributed by atoms with E-state index in [1.165, 1.54) is 0 Å². The van der Waals surface area contributed by atoms with Gasteiger partial charge in [-0.15, -0.1) is 0 Å². The van der Waals surface area contributed by atoms with Crippen molar-refractivity contribution in [3.05, 3.63) is 35.9 Å². The van der Waals surface area contributed by atoms with Crippen LogP contribution in [-0.2, 0) is 16.1 Å². The summed E-state index contributed by atoms with van der Waals surface area (Å²) >= 11 is 0. The van der Waals surface area contributed by atoms with Gasteiger partial charge in [0, 0.05) is 24.9 Å². The minimum atomic E-state index is -0.489. The predicted octanol–water partition coefficient (Wildman–Crippen LogP) is 4.13. The molecule has 0 atom stereocenters. The molecule has 1 aromatic rings. The number of amides is 1. The van der Waals surface area contributed by atoms with Crippen LogP contribution in [0.5, 0.6) is 0 Å². The van der Waals surface area contributed by atoms with Gasteiger partial charge in [-0.05, 0) is 39.2 Å². The Labute approximate surface area is 150 Å². The smallest absolute Gasteiger partial charge is 0.410 e. The lowest BCUT2D eigenvalue weighted by Gasteiger charge is -2.40. The number of carbonyl (C=O) groups is 1. The number of nitrogens with zero attached hydrogens (tertiary/aromatic N) is 2. The Morgan fingerprint density at radius 1 is 1.24 bits per heavy atom. The molecule has 0 bridgehead atoms. The molecule has 0 radical (unpaired) electrons. The largest absolute Gasteiger partial charge is 0.444 e.